The maximum atomic E-state index is 2.68. The first-order valence-corrected chi connectivity index (χ1v) is 8.33. The SMILES string of the molecule is c1sc2c([n+]1C1CCCCCC1)CCCCC2. The Kier molecular flexibility index (Phi) is 3.80. The molecule has 2 aliphatic carbocycles. The molecule has 2 heteroatoms. The van der Waals surface area contributed by atoms with E-state index in [0.717, 1.165) is 6.04 Å². The highest BCUT2D eigenvalue weighted by Crippen LogP contribution is 2.28. The fourth-order valence-corrected chi connectivity index (χ4v) is 4.61. The summed E-state index contributed by atoms with van der Waals surface area (Å²) in [5, 5.41) is 0. The summed E-state index contributed by atoms with van der Waals surface area (Å²) in [7, 11) is 0. The van der Waals surface area contributed by atoms with E-state index in [9.17, 15) is 0 Å². The van der Waals surface area contributed by atoms with E-state index in [1.807, 2.05) is 11.3 Å². The number of fused-ring (bicyclic) bond motifs is 1. The Balaban J connectivity index is 1.84. The molecule has 94 valence electrons. The predicted molar refractivity (Wildman–Crippen MR) is 72.5 cm³/mol. The van der Waals surface area contributed by atoms with Crippen LogP contribution in [0.1, 0.15) is 74.4 Å². The van der Waals surface area contributed by atoms with Gasteiger partial charge in [0.15, 0.2) is 11.7 Å². The zero-order valence-corrected chi connectivity index (χ0v) is 11.6. The summed E-state index contributed by atoms with van der Waals surface area (Å²) in [6.45, 7) is 0. The number of thiazole rings is 1. The minimum Gasteiger partial charge on any atom is -0.190 e. The largest absolute Gasteiger partial charge is 0.225 e. The van der Waals surface area contributed by atoms with E-state index in [-0.39, 0.29) is 0 Å². The van der Waals surface area contributed by atoms with Gasteiger partial charge in [-0.3, -0.25) is 0 Å². The van der Waals surface area contributed by atoms with E-state index in [1.54, 1.807) is 10.6 Å². The van der Waals surface area contributed by atoms with Gasteiger partial charge in [0.2, 0.25) is 5.51 Å². The van der Waals surface area contributed by atoms with Crippen molar-refractivity contribution in [1.82, 2.24) is 0 Å². The van der Waals surface area contributed by atoms with E-state index in [2.05, 4.69) is 10.1 Å². The Bertz CT molecular complexity index is 361. The Morgan fingerprint density at radius 1 is 0.882 bits per heavy atom. The zero-order chi connectivity index (χ0) is 11.5. The topological polar surface area (TPSA) is 3.88 Å². The van der Waals surface area contributed by atoms with Gasteiger partial charge in [-0.25, -0.2) is 0 Å². The van der Waals surface area contributed by atoms with Crippen LogP contribution in [-0.2, 0) is 12.8 Å². The summed E-state index contributed by atoms with van der Waals surface area (Å²) < 4.78 is 2.68. The molecule has 0 unspecified atom stereocenters. The number of hydrogen-bond donors (Lipinski definition) is 0. The lowest BCUT2D eigenvalue weighted by Gasteiger charge is -2.09. The molecule has 1 saturated carbocycles. The summed E-state index contributed by atoms with van der Waals surface area (Å²) >= 11 is 2.03. The van der Waals surface area contributed by atoms with Crippen LogP contribution in [0.5, 0.6) is 0 Å². The Hall–Kier alpha value is -0.370. The third-order valence-electron chi connectivity index (χ3n) is 4.48. The first-order chi connectivity index (χ1) is 8.45. The van der Waals surface area contributed by atoms with E-state index in [4.69, 9.17) is 0 Å². The summed E-state index contributed by atoms with van der Waals surface area (Å²) in [6.07, 6.45) is 15.6. The lowest BCUT2D eigenvalue weighted by molar-refractivity contribution is -0.726. The third kappa shape index (κ3) is 2.57. The monoisotopic (exact) mass is 250 g/mol. The molecule has 3 rings (SSSR count). The standard InChI is InChI=1S/C15H24NS/c1-2-5-9-13(8-4-1)16-12-17-15-11-7-3-6-10-14(15)16/h12-13H,1-11H2/q+1. The summed E-state index contributed by atoms with van der Waals surface area (Å²) in [5.74, 6) is 0. The van der Waals surface area contributed by atoms with Crippen LogP contribution in [0.25, 0.3) is 0 Å². The molecular formula is C15H24NS+. The molecule has 0 aromatic carbocycles. The van der Waals surface area contributed by atoms with Crippen molar-refractivity contribution >= 4 is 11.3 Å². The van der Waals surface area contributed by atoms with Crippen molar-refractivity contribution in [2.75, 3.05) is 0 Å². The molecular weight excluding hydrogens is 226 g/mol. The molecule has 1 aromatic rings. The second-order valence-electron chi connectivity index (χ2n) is 5.71. The van der Waals surface area contributed by atoms with E-state index < -0.39 is 0 Å². The lowest BCUT2D eigenvalue weighted by Crippen LogP contribution is -2.41. The number of rotatable bonds is 1. The van der Waals surface area contributed by atoms with Crippen molar-refractivity contribution in [3.63, 3.8) is 0 Å². The van der Waals surface area contributed by atoms with Crippen LogP contribution in [0.15, 0.2) is 5.51 Å². The normalized spacial score (nSPS) is 22.8. The van der Waals surface area contributed by atoms with Gasteiger partial charge >= 0.3 is 0 Å². The highest BCUT2D eigenvalue weighted by Gasteiger charge is 2.28. The van der Waals surface area contributed by atoms with Crippen molar-refractivity contribution in [2.24, 2.45) is 0 Å². The second kappa shape index (κ2) is 5.51. The van der Waals surface area contributed by atoms with Gasteiger partial charge in [0.1, 0.15) is 0 Å². The molecule has 0 atom stereocenters. The molecule has 0 radical (unpaired) electrons. The van der Waals surface area contributed by atoms with E-state index in [1.165, 1.54) is 70.6 Å². The smallest absolute Gasteiger partial charge is 0.190 e. The van der Waals surface area contributed by atoms with Crippen LogP contribution in [0.3, 0.4) is 0 Å². The van der Waals surface area contributed by atoms with Crippen molar-refractivity contribution in [3.8, 4) is 0 Å². The molecule has 1 nitrogen and oxygen atoms in total. The van der Waals surface area contributed by atoms with Gasteiger partial charge in [0.05, 0.1) is 4.88 Å². The highest BCUT2D eigenvalue weighted by atomic mass is 32.1. The van der Waals surface area contributed by atoms with Crippen molar-refractivity contribution in [1.29, 1.82) is 0 Å². The Morgan fingerprint density at radius 3 is 2.41 bits per heavy atom. The molecule has 0 amide bonds. The highest BCUT2D eigenvalue weighted by molar-refractivity contribution is 7.09. The minimum absolute atomic E-state index is 0.829. The van der Waals surface area contributed by atoms with E-state index in [0.29, 0.717) is 0 Å². The van der Waals surface area contributed by atoms with Gasteiger partial charge in [-0.05, 0) is 32.1 Å². The summed E-state index contributed by atoms with van der Waals surface area (Å²) in [6, 6.07) is 0.829. The fraction of sp³-hybridized carbons (Fsp3) is 0.800. The van der Waals surface area contributed by atoms with Crippen LogP contribution >= 0.6 is 11.3 Å². The van der Waals surface area contributed by atoms with Gasteiger partial charge in [-0.2, -0.15) is 4.57 Å². The molecule has 2 aliphatic rings. The number of aryl methyl sites for hydroxylation is 1. The molecule has 0 saturated heterocycles. The summed E-state index contributed by atoms with van der Waals surface area (Å²) in [4.78, 5) is 1.70. The molecule has 0 spiro atoms. The number of nitrogens with zero attached hydrogens (tertiary/aromatic N) is 1. The zero-order valence-electron chi connectivity index (χ0n) is 10.8. The van der Waals surface area contributed by atoms with Gasteiger partial charge in [-0.15, -0.1) is 0 Å². The van der Waals surface area contributed by atoms with Crippen LogP contribution in [-0.4, -0.2) is 0 Å². The molecule has 1 fully saturated rings. The van der Waals surface area contributed by atoms with Gasteiger partial charge in [0, 0.05) is 19.3 Å². The lowest BCUT2D eigenvalue weighted by atomic mass is 10.1. The van der Waals surface area contributed by atoms with Crippen molar-refractivity contribution < 1.29 is 4.57 Å². The van der Waals surface area contributed by atoms with Gasteiger partial charge < -0.3 is 0 Å². The third-order valence-corrected chi connectivity index (χ3v) is 5.53. The molecule has 0 N–H and O–H groups in total. The predicted octanol–water partition coefficient (Wildman–Crippen LogP) is 4.20. The maximum Gasteiger partial charge on any atom is 0.225 e. The molecule has 0 bridgehead atoms. The maximum absolute atomic E-state index is 2.68. The Labute approximate surface area is 109 Å². The van der Waals surface area contributed by atoms with Crippen LogP contribution < -0.4 is 4.57 Å². The molecule has 1 heterocycles. The number of hydrogen-bond acceptors (Lipinski definition) is 1. The first kappa shape index (κ1) is 11.7. The van der Waals surface area contributed by atoms with Crippen molar-refractivity contribution in [2.45, 2.75) is 76.7 Å². The van der Waals surface area contributed by atoms with Crippen molar-refractivity contribution in [3.05, 3.63) is 16.1 Å². The van der Waals surface area contributed by atoms with Crippen LogP contribution in [0.4, 0.5) is 0 Å². The van der Waals surface area contributed by atoms with Gasteiger partial charge in [-0.1, -0.05) is 30.6 Å². The Morgan fingerprint density at radius 2 is 1.59 bits per heavy atom. The summed E-state index contributed by atoms with van der Waals surface area (Å²) in [5.41, 5.74) is 4.14. The van der Waals surface area contributed by atoms with Crippen LogP contribution in [0, 0.1) is 0 Å². The number of aromatic nitrogens is 1. The van der Waals surface area contributed by atoms with E-state index >= 15 is 0 Å². The quantitative estimate of drug-likeness (QED) is 0.399. The second-order valence-corrected chi connectivity index (χ2v) is 6.65. The fourth-order valence-electron chi connectivity index (χ4n) is 3.46. The molecule has 17 heavy (non-hydrogen) atoms. The molecule has 0 aliphatic heterocycles. The first-order valence-electron chi connectivity index (χ1n) is 7.45. The average molecular weight is 250 g/mol. The minimum atomic E-state index is 0.829. The average Bonchev–Trinajstić information content (AvgIpc) is 2.60. The van der Waals surface area contributed by atoms with Gasteiger partial charge in [0.25, 0.3) is 0 Å². The van der Waals surface area contributed by atoms with Crippen LogP contribution in [0.2, 0.25) is 0 Å². The molecule has 1 aromatic heterocycles.